The molecule has 0 saturated carbocycles. The number of rotatable bonds is 4. The van der Waals surface area contributed by atoms with Crippen LogP contribution in [0.4, 0.5) is 5.95 Å². The number of aromatic nitrogens is 5. The molecule has 0 aliphatic rings. The minimum absolute atomic E-state index is 0.618. The van der Waals surface area contributed by atoms with Gasteiger partial charge in [-0.2, -0.15) is 4.68 Å². The van der Waals surface area contributed by atoms with Gasteiger partial charge in [-0.25, -0.2) is 0 Å². The Hall–Kier alpha value is -2.76. The number of hydrogen-bond donors (Lipinski definition) is 1. The molecule has 0 amide bonds. The van der Waals surface area contributed by atoms with Crippen LogP contribution in [0.5, 0.6) is 0 Å². The van der Waals surface area contributed by atoms with Crippen LogP contribution in [-0.2, 0) is 6.54 Å². The third-order valence-electron chi connectivity index (χ3n) is 3.04. The zero-order valence-electron chi connectivity index (χ0n) is 11.1. The Labute approximate surface area is 116 Å². The lowest BCUT2D eigenvalue weighted by Crippen LogP contribution is -2.08. The second-order valence-electron chi connectivity index (χ2n) is 4.41. The van der Waals surface area contributed by atoms with Gasteiger partial charge >= 0.3 is 0 Å². The summed E-state index contributed by atoms with van der Waals surface area (Å²) < 4.78 is 1.68. The van der Waals surface area contributed by atoms with E-state index in [1.165, 1.54) is 5.56 Å². The molecule has 0 radical (unpaired) electrons. The maximum Gasteiger partial charge on any atom is 0.248 e. The first-order valence-corrected chi connectivity index (χ1v) is 6.32. The normalized spacial score (nSPS) is 10.4. The summed E-state index contributed by atoms with van der Waals surface area (Å²) in [6, 6.07) is 11.8. The van der Waals surface area contributed by atoms with Crippen LogP contribution in [0.2, 0.25) is 0 Å². The average Bonchev–Trinajstić information content (AvgIpc) is 2.96. The number of pyridine rings is 1. The summed E-state index contributed by atoms with van der Waals surface area (Å²) in [7, 11) is 0. The van der Waals surface area contributed by atoms with Crippen LogP contribution < -0.4 is 5.32 Å². The van der Waals surface area contributed by atoms with Crippen LogP contribution in [0.15, 0.2) is 48.8 Å². The molecular formula is C14H14N6. The first kappa shape index (κ1) is 12.3. The lowest BCUT2D eigenvalue weighted by atomic mass is 10.1. The molecule has 3 aromatic rings. The molecule has 0 aliphatic carbocycles. The standard InChI is InChI=1S/C14H14N6/c1-11-9-15-8-7-12(11)10-16-14-17-18-19-20(14)13-5-3-2-4-6-13/h2-9H,10H2,1H3,(H,16,17,19). The number of nitrogens with one attached hydrogen (secondary N) is 1. The van der Waals surface area contributed by atoms with Gasteiger partial charge in [-0.1, -0.05) is 23.3 Å². The van der Waals surface area contributed by atoms with Crippen LogP contribution in [0.3, 0.4) is 0 Å². The molecule has 2 heterocycles. The lowest BCUT2D eigenvalue weighted by molar-refractivity contribution is 0.789. The molecule has 0 aliphatic heterocycles. The topological polar surface area (TPSA) is 68.5 Å². The van der Waals surface area contributed by atoms with Crippen molar-refractivity contribution in [3.63, 3.8) is 0 Å². The monoisotopic (exact) mass is 266 g/mol. The minimum Gasteiger partial charge on any atom is -0.349 e. The molecular weight excluding hydrogens is 252 g/mol. The van der Waals surface area contributed by atoms with Crippen LogP contribution in [0.25, 0.3) is 5.69 Å². The van der Waals surface area contributed by atoms with Gasteiger partial charge in [0.05, 0.1) is 5.69 Å². The van der Waals surface area contributed by atoms with Crippen molar-refractivity contribution >= 4 is 5.95 Å². The van der Waals surface area contributed by atoms with Gasteiger partial charge in [0.15, 0.2) is 0 Å². The Morgan fingerprint density at radius 1 is 1.15 bits per heavy atom. The third kappa shape index (κ3) is 2.49. The highest BCUT2D eigenvalue weighted by Gasteiger charge is 2.07. The summed E-state index contributed by atoms with van der Waals surface area (Å²) in [6.45, 7) is 2.69. The molecule has 6 nitrogen and oxygen atoms in total. The Kier molecular flexibility index (Phi) is 3.36. The summed E-state index contributed by atoms with van der Waals surface area (Å²) in [4.78, 5) is 4.08. The fourth-order valence-corrected chi connectivity index (χ4v) is 1.92. The van der Waals surface area contributed by atoms with Gasteiger partial charge in [-0.3, -0.25) is 4.98 Å². The minimum atomic E-state index is 0.618. The maximum atomic E-state index is 4.08. The highest BCUT2D eigenvalue weighted by Crippen LogP contribution is 2.12. The van der Waals surface area contributed by atoms with Crippen molar-refractivity contribution in [2.24, 2.45) is 0 Å². The molecule has 1 aromatic carbocycles. The van der Waals surface area contributed by atoms with Gasteiger partial charge < -0.3 is 5.32 Å². The van der Waals surface area contributed by atoms with Crippen LogP contribution in [-0.4, -0.2) is 25.2 Å². The average molecular weight is 266 g/mol. The number of para-hydroxylation sites is 1. The zero-order valence-corrected chi connectivity index (χ0v) is 11.1. The summed E-state index contributed by atoms with van der Waals surface area (Å²) in [5.41, 5.74) is 3.23. The highest BCUT2D eigenvalue weighted by atomic mass is 15.6. The van der Waals surface area contributed by atoms with Gasteiger partial charge in [0.25, 0.3) is 0 Å². The van der Waals surface area contributed by atoms with E-state index in [2.05, 4.69) is 25.8 Å². The van der Waals surface area contributed by atoms with Crippen molar-refractivity contribution < 1.29 is 0 Å². The second kappa shape index (κ2) is 5.48. The Balaban J connectivity index is 1.80. The molecule has 0 spiro atoms. The van der Waals surface area contributed by atoms with Crippen LogP contribution >= 0.6 is 0 Å². The Morgan fingerprint density at radius 3 is 2.80 bits per heavy atom. The van der Waals surface area contributed by atoms with Gasteiger partial charge in [0.1, 0.15) is 0 Å². The molecule has 0 bridgehead atoms. The molecule has 0 atom stereocenters. The van der Waals surface area contributed by atoms with Crippen molar-refractivity contribution in [1.29, 1.82) is 0 Å². The van der Waals surface area contributed by atoms with E-state index in [1.54, 1.807) is 10.9 Å². The quantitative estimate of drug-likeness (QED) is 0.782. The summed E-state index contributed by atoms with van der Waals surface area (Å²) in [5.74, 6) is 0.618. The van der Waals surface area contributed by atoms with E-state index in [0.29, 0.717) is 12.5 Å². The van der Waals surface area contributed by atoms with Crippen molar-refractivity contribution in [2.75, 3.05) is 5.32 Å². The predicted octanol–water partition coefficient (Wildman–Crippen LogP) is 1.98. The second-order valence-corrected chi connectivity index (χ2v) is 4.41. The fraction of sp³-hybridized carbons (Fsp3) is 0.143. The summed E-state index contributed by atoms with van der Waals surface area (Å²) in [5, 5.41) is 15.0. The van der Waals surface area contributed by atoms with Gasteiger partial charge in [0, 0.05) is 18.9 Å². The molecule has 0 fully saturated rings. The third-order valence-corrected chi connectivity index (χ3v) is 3.04. The summed E-state index contributed by atoms with van der Waals surface area (Å²) >= 11 is 0. The van der Waals surface area contributed by atoms with Crippen LogP contribution in [0.1, 0.15) is 11.1 Å². The number of nitrogens with zero attached hydrogens (tertiary/aromatic N) is 5. The molecule has 6 heteroatoms. The number of hydrogen-bond acceptors (Lipinski definition) is 5. The predicted molar refractivity (Wildman–Crippen MR) is 75.5 cm³/mol. The summed E-state index contributed by atoms with van der Waals surface area (Å²) in [6.07, 6.45) is 3.63. The van der Waals surface area contributed by atoms with E-state index >= 15 is 0 Å². The molecule has 0 saturated heterocycles. The first-order valence-electron chi connectivity index (χ1n) is 6.32. The van der Waals surface area contributed by atoms with E-state index in [4.69, 9.17) is 0 Å². The van der Waals surface area contributed by atoms with Crippen molar-refractivity contribution in [3.05, 3.63) is 59.9 Å². The first-order chi connectivity index (χ1) is 9.84. The largest absolute Gasteiger partial charge is 0.349 e. The van der Waals surface area contributed by atoms with Gasteiger partial charge in [-0.05, 0) is 46.7 Å². The maximum absolute atomic E-state index is 4.08. The Bertz CT molecular complexity index is 692. The fourth-order valence-electron chi connectivity index (χ4n) is 1.92. The molecule has 2 aromatic heterocycles. The number of tetrazole rings is 1. The molecule has 0 unspecified atom stereocenters. The van der Waals surface area contributed by atoms with E-state index in [-0.39, 0.29) is 0 Å². The smallest absolute Gasteiger partial charge is 0.248 e. The molecule has 100 valence electrons. The lowest BCUT2D eigenvalue weighted by Gasteiger charge is -2.08. The van der Waals surface area contributed by atoms with Crippen LogP contribution in [0, 0.1) is 6.92 Å². The van der Waals surface area contributed by atoms with Gasteiger partial charge in [0.2, 0.25) is 5.95 Å². The van der Waals surface area contributed by atoms with E-state index in [1.807, 2.05) is 49.5 Å². The Morgan fingerprint density at radius 2 is 2.00 bits per heavy atom. The zero-order chi connectivity index (χ0) is 13.8. The van der Waals surface area contributed by atoms with Crippen molar-refractivity contribution in [3.8, 4) is 5.69 Å². The molecule has 3 rings (SSSR count). The molecule has 20 heavy (non-hydrogen) atoms. The number of benzene rings is 1. The van der Waals surface area contributed by atoms with E-state index < -0.39 is 0 Å². The van der Waals surface area contributed by atoms with E-state index in [0.717, 1.165) is 11.3 Å². The van der Waals surface area contributed by atoms with Crippen molar-refractivity contribution in [1.82, 2.24) is 25.2 Å². The van der Waals surface area contributed by atoms with Gasteiger partial charge in [-0.15, -0.1) is 0 Å². The number of anilines is 1. The highest BCUT2D eigenvalue weighted by molar-refractivity contribution is 5.39. The van der Waals surface area contributed by atoms with E-state index in [9.17, 15) is 0 Å². The number of aryl methyl sites for hydroxylation is 1. The van der Waals surface area contributed by atoms with Crippen molar-refractivity contribution in [2.45, 2.75) is 13.5 Å². The SMILES string of the molecule is Cc1cnccc1CNc1nnnn1-c1ccccc1. The molecule has 1 N–H and O–H groups in total.